The van der Waals surface area contributed by atoms with Crippen LogP contribution in [-0.4, -0.2) is 24.3 Å². The molecule has 122 valence electrons. The van der Waals surface area contributed by atoms with Gasteiger partial charge in [-0.3, -0.25) is 9.69 Å². The van der Waals surface area contributed by atoms with Crippen LogP contribution in [-0.2, 0) is 12.0 Å². The molecule has 2 nitrogen and oxygen atoms in total. The molecule has 0 fully saturated rings. The number of likely N-dealkylation sites (N-methyl/N-ethyl adjacent to an activating group) is 1. The van der Waals surface area contributed by atoms with Crippen molar-refractivity contribution in [3.63, 3.8) is 0 Å². The minimum absolute atomic E-state index is 0.107. The lowest BCUT2D eigenvalue weighted by Crippen LogP contribution is -2.25. The summed E-state index contributed by atoms with van der Waals surface area (Å²) in [5.41, 5.74) is 3.39. The van der Waals surface area contributed by atoms with Crippen molar-refractivity contribution >= 4 is 17.4 Å². The second kappa shape index (κ2) is 7.29. The Morgan fingerprint density at radius 1 is 1.00 bits per heavy atom. The molecular weight excluding hydrogens is 306 g/mol. The van der Waals surface area contributed by atoms with E-state index in [1.54, 1.807) is 24.3 Å². The highest BCUT2D eigenvalue weighted by atomic mass is 35.5. The number of halogens is 1. The van der Waals surface area contributed by atoms with Gasteiger partial charge < -0.3 is 0 Å². The molecule has 23 heavy (non-hydrogen) atoms. The Morgan fingerprint density at radius 2 is 1.57 bits per heavy atom. The maximum atomic E-state index is 12.3. The number of Topliss-reactive ketones (excluding diaryl/α,β-unsaturated/α-hetero) is 1. The summed E-state index contributed by atoms with van der Waals surface area (Å²) in [5.74, 6) is 0.107. The highest BCUT2D eigenvalue weighted by Gasteiger charge is 2.14. The Hall–Kier alpha value is -1.64. The summed E-state index contributed by atoms with van der Waals surface area (Å²) in [5, 5.41) is 0.647. The van der Waals surface area contributed by atoms with Crippen molar-refractivity contribution < 1.29 is 4.79 Å². The first kappa shape index (κ1) is 17.7. The van der Waals surface area contributed by atoms with Crippen LogP contribution in [0.1, 0.15) is 42.3 Å². The predicted octanol–water partition coefficient (Wildman–Crippen LogP) is 4.95. The number of carbonyl (C=O) groups excluding carboxylic acids is 1. The second-order valence-electron chi connectivity index (χ2n) is 7.05. The normalized spacial score (nSPS) is 11.7. The zero-order chi connectivity index (χ0) is 17.0. The number of hydrogen-bond donors (Lipinski definition) is 0. The van der Waals surface area contributed by atoms with Gasteiger partial charge in [-0.1, -0.05) is 56.6 Å². The molecule has 2 rings (SSSR count). The van der Waals surface area contributed by atoms with Crippen molar-refractivity contribution in [3.05, 3.63) is 70.2 Å². The summed E-state index contributed by atoms with van der Waals surface area (Å²) in [7, 11) is 1.96. The Bertz CT molecular complexity index is 654. The SMILES string of the molecule is CN(CC(=O)c1ccc(Cl)cc1)Cc1ccc(C(C)(C)C)cc1. The molecule has 0 saturated carbocycles. The molecule has 0 spiro atoms. The Labute approximate surface area is 144 Å². The average molecular weight is 330 g/mol. The van der Waals surface area contributed by atoms with Crippen LogP contribution in [0.4, 0.5) is 0 Å². The zero-order valence-corrected chi connectivity index (χ0v) is 15.0. The van der Waals surface area contributed by atoms with Gasteiger partial charge in [-0.2, -0.15) is 0 Å². The van der Waals surface area contributed by atoms with Crippen LogP contribution in [0.3, 0.4) is 0 Å². The van der Waals surface area contributed by atoms with Gasteiger partial charge in [0.05, 0.1) is 6.54 Å². The monoisotopic (exact) mass is 329 g/mol. The Morgan fingerprint density at radius 3 is 2.09 bits per heavy atom. The predicted molar refractivity (Wildman–Crippen MR) is 97.3 cm³/mol. The summed E-state index contributed by atoms with van der Waals surface area (Å²) < 4.78 is 0. The lowest BCUT2D eigenvalue weighted by molar-refractivity contribution is 0.0943. The van der Waals surface area contributed by atoms with Gasteiger partial charge in [-0.25, -0.2) is 0 Å². The molecule has 0 unspecified atom stereocenters. The molecular formula is C20H24ClNO. The quantitative estimate of drug-likeness (QED) is 0.723. The van der Waals surface area contributed by atoms with Crippen molar-refractivity contribution in [1.82, 2.24) is 4.90 Å². The molecule has 0 aliphatic heterocycles. The van der Waals surface area contributed by atoms with Crippen molar-refractivity contribution in [3.8, 4) is 0 Å². The molecule has 0 aliphatic rings. The topological polar surface area (TPSA) is 20.3 Å². The molecule has 0 aliphatic carbocycles. The van der Waals surface area contributed by atoms with Crippen LogP contribution in [0.25, 0.3) is 0 Å². The molecule has 2 aromatic carbocycles. The fourth-order valence-electron chi connectivity index (χ4n) is 2.45. The standard InChI is InChI=1S/C20H24ClNO/c1-20(2,3)17-9-5-15(6-10-17)13-22(4)14-19(23)16-7-11-18(21)12-8-16/h5-12H,13-14H2,1-4H3. The summed E-state index contributed by atoms with van der Waals surface area (Å²) in [4.78, 5) is 14.3. The lowest BCUT2D eigenvalue weighted by atomic mass is 9.87. The largest absolute Gasteiger partial charge is 0.295 e. The van der Waals surface area contributed by atoms with Crippen LogP contribution in [0, 0.1) is 0 Å². The molecule has 3 heteroatoms. The van der Waals surface area contributed by atoms with Crippen LogP contribution < -0.4 is 0 Å². The lowest BCUT2D eigenvalue weighted by Gasteiger charge is -2.20. The smallest absolute Gasteiger partial charge is 0.176 e. The fourth-order valence-corrected chi connectivity index (χ4v) is 2.58. The van der Waals surface area contributed by atoms with E-state index in [0.29, 0.717) is 17.1 Å². The van der Waals surface area contributed by atoms with Gasteiger partial charge >= 0.3 is 0 Å². The van der Waals surface area contributed by atoms with E-state index in [-0.39, 0.29) is 11.2 Å². The van der Waals surface area contributed by atoms with E-state index in [0.717, 1.165) is 6.54 Å². The number of carbonyl (C=O) groups is 1. The second-order valence-corrected chi connectivity index (χ2v) is 7.49. The van der Waals surface area contributed by atoms with Crippen LogP contribution >= 0.6 is 11.6 Å². The summed E-state index contributed by atoms with van der Waals surface area (Å²) >= 11 is 5.85. The van der Waals surface area contributed by atoms with Crippen LogP contribution in [0.5, 0.6) is 0 Å². The molecule has 0 amide bonds. The van der Waals surface area contributed by atoms with Crippen LogP contribution in [0.2, 0.25) is 5.02 Å². The maximum absolute atomic E-state index is 12.3. The van der Waals surface area contributed by atoms with Gasteiger partial charge in [0, 0.05) is 17.1 Å². The minimum atomic E-state index is 0.107. The van der Waals surface area contributed by atoms with E-state index in [1.165, 1.54) is 11.1 Å². The molecule has 0 heterocycles. The first-order valence-electron chi connectivity index (χ1n) is 7.82. The average Bonchev–Trinajstić information content (AvgIpc) is 2.47. The zero-order valence-electron chi connectivity index (χ0n) is 14.3. The summed E-state index contributed by atoms with van der Waals surface area (Å²) in [6.07, 6.45) is 0. The first-order chi connectivity index (χ1) is 10.8. The third-order valence-electron chi connectivity index (χ3n) is 3.85. The van der Waals surface area contributed by atoms with E-state index in [4.69, 9.17) is 11.6 Å². The van der Waals surface area contributed by atoms with E-state index in [2.05, 4.69) is 45.0 Å². The molecule has 0 radical (unpaired) electrons. The van der Waals surface area contributed by atoms with Gasteiger partial charge in [-0.15, -0.1) is 0 Å². The van der Waals surface area contributed by atoms with Gasteiger partial charge in [-0.05, 0) is 47.9 Å². The maximum Gasteiger partial charge on any atom is 0.176 e. The number of nitrogens with zero attached hydrogens (tertiary/aromatic N) is 1. The summed E-state index contributed by atoms with van der Waals surface area (Å²) in [6.45, 7) is 7.77. The molecule has 0 N–H and O–H groups in total. The molecule has 2 aromatic rings. The molecule has 0 aromatic heterocycles. The molecule has 0 bridgehead atoms. The van der Waals surface area contributed by atoms with Crippen molar-refractivity contribution in [2.75, 3.05) is 13.6 Å². The third kappa shape index (κ3) is 5.19. The van der Waals surface area contributed by atoms with Gasteiger partial charge in [0.2, 0.25) is 0 Å². The van der Waals surface area contributed by atoms with E-state index >= 15 is 0 Å². The van der Waals surface area contributed by atoms with Gasteiger partial charge in [0.25, 0.3) is 0 Å². The Balaban J connectivity index is 1.95. The number of benzene rings is 2. The number of ketones is 1. The number of rotatable bonds is 5. The van der Waals surface area contributed by atoms with Crippen LogP contribution in [0.15, 0.2) is 48.5 Å². The third-order valence-corrected chi connectivity index (χ3v) is 4.10. The molecule has 0 saturated heterocycles. The molecule has 0 atom stereocenters. The van der Waals surface area contributed by atoms with E-state index < -0.39 is 0 Å². The number of hydrogen-bond acceptors (Lipinski definition) is 2. The highest BCUT2D eigenvalue weighted by molar-refractivity contribution is 6.30. The minimum Gasteiger partial charge on any atom is -0.295 e. The van der Waals surface area contributed by atoms with Crippen molar-refractivity contribution in [1.29, 1.82) is 0 Å². The van der Waals surface area contributed by atoms with Gasteiger partial charge in [0.1, 0.15) is 0 Å². The van der Waals surface area contributed by atoms with Gasteiger partial charge in [0.15, 0.2) is 5.78 Å². The van der Waals surface area contributed by atoms with Crippen molar-refractivity contribution in [2.24, 2.45) is 0 Å². The highest BCUT2D eigenvalue weighted by Crippen LogP contribution is 2.22. The summed E-state index contributed by atoms with van der Waals surface area (Å²) in [6, 6.07) is 15.7. The fraction of sp³-hybridized carbons (Fsp3) is 0.350. The van der Waals surface area contributed by atoms with E-state index in [1.807, 2.05) is 11.9 Å². The van der Waals surface area contributed by atoms with E-state index in [9.17, 15) is 4.79 Å². The van der Waals surface area contributed by atoms with Crippen molar-refractivity contribution in [2.45, 2.75) is 32.7 Å². The Kier molecular flexibility index (Phi) is 5.61. The first-order valence-corrected chi connectivity index (χ1v) is 8.20.